The van der Waals surface area contributed by atoms with Crippen molar-refractivity contribution in [2.45, 2.75) is 59.5 Å². The fraction of sp³-hybridized carbons (Fsp3) is 0.733. The van der Waals surface area contributed by atoms with Crippen LogP contribution in [0.3, 0.4) is 0 Å². The summed E-state index contributed by atoms with van der Waals surface area (Å²) >= 11 is 5.72. The molecule has 0 spiro atoms. The van der Waals surface area contributed by atoms with Crippen molar-refractivity contribution in [1.29, 1.82) is 0 Å². The largest absolute Gasteiger partial charge is 0.340 e. The standard InChI is InChI=1S/C15H25ClN2O2/c1-7-15(6)13(20)18(9-10(2)8-16)11(12(19)17-15)14(3,4)5/h8,11H,7,9H2,1-6H3,(H,17,19). The van der Waals surface area contributed by atoms with E-state index in [-0.39, 0.29) is 17.2 Å². The highest BCUT2D eigenvalue weighted by molar-refractivity contribution is 6.25. The lowest BCUT2D eigenvalue weighted by Gasteiger charge is -2.48. The summed E-state index contributed by atoms with van der Waals surface area (Å²) < 4.78 is 0. The van der Waals surface area contributed by atoms with Crippen molar-refractivity contribution in [1.82, 2.24) is 10.2 Å². The number of hydrogen-bond donors (Lipinski definition) is 1. The van der Waals surface area contributed by atoms with Gasteiger partial charge in [-0.25, -0.2) is 0 Å². The Bertz CT molecular complexity index is 440. The van der Waals surface area contributed by atoms with Gasteiger partial charge in [0.1, 0.15) is 11.6 Å². The second-order valence-electron chi connectivity index (χ2n) is 6.83. The van der Waals surface area contributed by atoms with Crippen LogP contribution in [0.4, 0.5) is 0 Å². The predicted octanol–water partition coefficient (Wildman–Crippen LogP) is 2.67. The molecule has 1 N–H and O–H groups in total. The van der Waals surface area contributed by atoms with E-state index in [9.17, 15) is 9.59 Å². The average molecular weight is 301 g/mol. The van der Waals surface area contributed by atoms with E-state index in [1.54, 1.807) is 11.8 Å². The molecule has 114 valence electrons. The molecular formula is C15H25ClN2O2. The lowest BCUT2D eigenvalue weighted by molar-refractivity contribution is -0.158. The Hall–Kier alpha value is -1.03. The quantitative estimate of drug-likeness (QED) is 0.871. The van der Waals surface area contributed by atoms with E-state index in [0.29, 0.717) is 13.0 Å². The molecule has 0 saturated carbocycles. The van der Waals surface area contributed by atoms with Gasteiger partial charge in [0.15, 0.2) is 0 Å². The molecule has 0 aromatic rings. The molecule has 0 bridgehead atoms. The Morgan fingerprint density at radius 1 is 1.45 bits per heavy atom. The Morgan fingerprint density at radius 2 is 2.00 bits per heavy atom. The number of carbonyl (C=O) groups excluding carboxylic acids is 2. The lowest BCUT2D eigenvalue weighted by Crippen LogP contribution is -2.71. The molecule has 0 aromatic carbocycles. The van der Waals surface area contributed by atoms with Gasteiger partial charge in [0, 0.05) is 12.1 Å². The first kappa shape index (κ1) is 17.0. The summed E-state index contributed by atoms with van der Waals surface area (Å²) in [6, 6.07) is -0.485. The average Bonchev–Trinajstić information content (AvgIpc) is 2.33. The molecule has 1 aliphatic heterocycles. The highest BCUT2D eigenvalue weighted by Gasteiger charge is 2.50. The Morgan fingerprint density at radius 3 is 2.40 bits per heavy atom. The fourth-order valence-electron chi connectivity index (χ4n) is 2.54. The smallest absolute Gasteiger partial charge is 0.249 e. The first-order chi connectivity index (χ1) is 9.06. The van der Waals surface area contributed by atoms with Gasteiger partial charge in [-0.05, 0) is 31.3 Å². The third-order valence-corrected chi connectivity index (χ3v) is 4.20. The molecule has 1 fully saturated rings. The molecule has 0 aromatic heterocycles. The van der Waals surface area contributed by atoms with Crippen molar-refractivity contribution < 1.29 is 9.59 Å². The molecule has 4 nitrogen and oxygen atoms in total. The number of hydrogen-bond acceptors (Lipinski definition) is 2. The summed E-state index contributed by atoms with van der Waals surface area (Å²) in [5.41, 5.74) is 1.16. The summed E-state index contributed by atoms with van der Waals surface area (Å²) in [5, 5.41) is 2.89. The van der Waals surface area contributed by atoms with Crippen molar-refractivity contribution in [2.75, 3.05) is 6.54 Å². The number of nitrogens with one attached hydrogen (secondary N) is 1. The highest BCUT2D eigenvalue weighted by Crippen LogP contribution is 2.32. The maximum Gasteiger partial charge on any atom is 0.249 e. The van der Waals surface area contributed by atoms with Crippen LogP contribution in [-0.2, 0) is 9.59 Å². The summed E-state index contributed by atoms with van der Waals surface area (Å²) in [6.45, 7) is 11.8. The third kappa shape index (κ3) is 3.17. The van der Waals surface area contributed by atoms with Crippen molar-refractivity contribution in [2.24, 2.45) is 5.41 Å². The zero-order valence-corrected chi connectivity index (χ0v) is 14.0. The van der Waals surface area contributed by atoms with Crippen LogP contribution in [0.25, 0.3) is 0 Å². The minimum absolute atomic E-state index is 0.0441. The molecule has 1 saturated heterocycles. The highest BCUT2D eigenvalue weighted by atomic mass is 35.5. The van der Waals surface area contributed by atoms with E-state index in [0.717, 1.165) is 5.57 Å². The van der Waals surface area contributed by atoms with E-state index < -0.39 is 11.6 Å². The van der Waals surface area contributed by atoms with E-state index in [2.05, 4.69) is 5.32 Å². The van der Waals surface area contributed by atoms with Gasteiger partial charge >= 0.3 is 0 Å². The van der Waals surface area contributed by atoms with Gasteiger partial charge < -0.3 is 10.2 Å². The number of rotatable bonds is 3. The Labute approximate surface area is 126 Å². The zero-order chi connectivity index (χ0) is 15.7. The molecule has 0 radical (unpaired) electrons. The first-order valence-electron chi connectivity index (χ1n) is 6.95. The van der Waals surface area contributed by atoms with Gasteiger partial charge in [-0.1, -0.05) is 39.3 Å². The van der Waals surface area contributed by atoms with Gasteiger partial charge in [0.05, 0.1) is 0 Å². The molecule has 1 rings (SSSR count). The lowest BCUT2D eigenvalue weighted by atomic mass is 9.80. The van der Waals surface area contributed by atoms with Gasteiger partial charge in [0.25, 0.3) is 0 Å². The molecule has 5 heteroatoms. The molecule has 1 aliphatic rings. The zero-order valence-electron chi connectivity index (χ0n) is 13.2. The third-order valence-electron chi connectivity index (χ3n) is 3.83. The number of carbonyl (C=O) groups is 2. The van der Waals surface area contributed by atoms with Crippen molar-refractivity contribution in [3.8, 4) is 0 Å². The summed E-state index contributed by atoms with van der Waals surface area (Å²) in [5.74, 6) is -0.138. The molecule has 2 unspecified atom stereocenters. The van der Waals surface area contributed by atoms with Crippen molar-refractivity contribution in [3.63, 3.8) is 0 Å². The Kier molecular flexibility index (Phi) is 4.90. The van der Waals surface area contributed by atoms with Crippen LogP contribution in [-0.4, -0.2) is 34.8 Å². The maximum atomic E-state index is 12.8. The monoisotopic (exact) mass is 300 g/mol. The van der Waals surface area contributed by atoms with Crippen LogP contribution in [0, 0.1) is 5.41 Å². The van der Waals surface area contributed by atoms with Gasteiger partial charge in [-0.3, -0.25) is 9.59 Å². The van der Waals surface area contributed by atoms with E-state index in [4.69, 9.17) is 11.6 Å². The number of amides is 2. The van der Waals surface area contributed by atoms with Crippen LogP contribution >= 0.6 is 11.6 Å². The predicted molar refractivity (Wildman–Crippen MR) is 81.4 cm³/mol. The molecule has 20 heavy (non-hydrogen) atoms. The van der Waals surface area contributed by atoms with Gasteiger partial charge in [-0.2, -0.15) is 0 Å². The van der Waals surface area contributed by atoms with E-state index in [1.165, 1.54) is 5.54 Å². The van der Waals surface area contributed by atoms with E-state index in [1.807, 2.05) is 34.6 Å². The topological polar surface area (TPSA) is 49.4 Å². The molecule has 2 atom stereocenters. The first-order valence-corrected chi connectivity index (χ1v) is 7.39. The number of piperazine rings is 1. The summed E-state index contributed by atoms with van der Waals surface area (Å²) in [6.07, 6.45) is 0.564. The minimum Gasteiger partial charge on any atom is -0.340 e. The van der Waals surface area contributed by atoms with Gasteiger partial charge in [-0.15, -0.1) is 0 Å². The second-order valence-corrected chi connectivity index (χ2v) is 7.05. The van der Waals surface area contributed by atoms with Crippen LogP contribution < -0.4 is 5.32 Å². The summed E-state index contributed by atoms with van der Waals surface area (Å²) in [7, 11) is 0. The number of nitrogens with zero attached hydrogens (tertiary/aromatic N) is 1. The normalized spacial score (nSPS) is 28.6. The van der Waals surface area contributed by atoms with Crippen LogP contribution in [0.1, 0.15) is 48.0 Å². The van der Waals surface area contributed by atoms with Crippen molar-refractivity contribution in [3.05, 3.63) is 11.1 Å². The van der Waals surface area contributed by atoms with Crippen LogP contribution in [0.15, 0.2) is 11.1 Å². The molecule has 2 amide bonds. The second kappa shape index (κ2) is 5.76. The fourth-order valence-corrected chi connectivity index (χ4v) is 2.61. The maximum absolute atomic E-state index is 12.8. The molecule has 1 heterocycles. The van der Waals surface area contributed by atoms with Crippen molar-refractivity contribution >= 4 is 23.4 Å². The van der Waals surface area contributed by atoms with E-state index >= 15 is 0 Å². The van der Waals surface area contributed by atoms with Crippen LogP contribution in [0.5, 0.6) is 0 Å². The SMILES string of the molecule is CCC1(C)NC(=O)C(C(C)(C)C)N(CC(C)=CCl)C1=O. The van der Waals surface area contributed by atoms with Gasteiger partial charge in [0.2, 0.25) is 11.8 Å². The summed E-state index contributed by atoms with van der Waals surface area (Å²) in [4.78, 5) is 26.9. The Balaban J connectivity index is 3.24. The molecule has 0 aliphatic carbocycles. The molecular weight excluding hydrogens is 276 g/mol. The minimum atomic E-state index is -0.828. The van der Waals surface area contributed by atoms with Crippen LogP contribution in [0.2, 0.25) is 0 Å². The number of halogens is 1.